The van der Waals surface area contributed by atoms with Crippen molar-refractivity contribution in [1.82, 2.24) is 20.3 Å². The summed E-state index contributed by atoms with van der Waals surface area (Å²) in [6.45, 7) is 8.07. The van der Waals surface area contributed by atoms with Gasteiger partial charge in [0, 0.05) is 31.7 Å². The SMILES string of the molecule is CCOc1nc(N2CCNCC2)nc2c1oc1nc(-c3ccccc3)cc(C)c12. The van der Waals surface area contributed by atoms with Gasteiger partial charge in [0.05, 0.1) is 17.7 Å². The molecule has 0 bridgehead atoms. The van der Waals surface area contributed by atoms with E-state index < -0.39 is 0 Å². The standard InChI is InChI=1S/C22H23N5O2/c1-3-28-21-19-18(25-22(26-21)27-11-9-23-10-12-27)17-14(2)13-16(24-20(17)29-19)15-7-5-4-6-8-15/h4-8,13,23H,3,9-12H2,1-2H3. The van der Waals surface area contributed by atoms with Gasteiger partial charge in [0.2, 0.25) is 17.2 Å². The molecule has 7 nitrogen and oxygen atoms in total. The highest BCUT2D eigenvalue weighted by Crippen LogP contribution is 2.36. The Kier molecular flexibility index (Phi) is 4.52. The van der Waals surface area contributed by atoms with Gasteiger partial charge in [-0.2, -0.15) is 4.98 Å². The van der Waals surface area contributed by atoms with Crippen LogP contribution in [0.4, 0.5) is 5.95 Å². The summed E-state index contributed by atoms with van der Waals surface area (Å²) in [6.07, 6.45) is 0. The largest absolute Gasteiger partial charge is 0.475 e. The summed E-state index contributed by atoms with van der Waals surface area (Å²) in [5.74, 6) is 1.15. The maximum Gasteiger partial charge on any atom is 0.263 e. The zero-order chi connectivity index (χ0) is 19.8. The first-order valence-electron chi connectivity index (χ1n) is 10.0. The molecule has 0 amide bonds. The van der Waals surface area contributed by atoms with Crippen LogP contribution >= 0.6 is 0 Å². The molecule has 0 unspecified atom stereocenters. The van der Waals surface area contributed by atoms with Crippen molar-refractivity contribution < 1.29 is 9.15 Å². The predicted molar refractivity (Wildman–Crippen MR) is 114 cm³/mol. The first-order chi connectivity index (χ1) is 14.2. The molecule has 1 aliphatic rings. The minimum Gasteiger partial charge on any atom is -0.475 e. The van der Waals surface area contributed by atoms with E-state index in [9.17, 15) is 0 Å². The second-order valence-corrected chi connectivity index (χ2v) is 7.15. The Balaban J connectivity index is 1.72. The third-order valence-corrected chi connectivity index (χ3v) is 5.19. The Morgan fingerprint density at radius 3 is 2.66 bits per heavy atom. The lowest BCUT2D eigenvalue weighted by Gasteiger charge is -2.27. The van der Waals surface area contributed by atoms with Crippen molar-refractivity contribution >= 4 is 28.1 Å². The number of hydrogen-bond donors (Lipinski definition) is 1. The molecule has 0 radical (unpaired) electrons. The van der Waals surface area contributed by atoms with Crippen LogP contribution in [0.1, 0.15) is 12.5 Å². The molecule has 0 aliphatic carbocycles. The fourth-order valence-electron chi connectivity index (χ4n) is 3.78. The molecule has 3 aromatic heterocycles. The number of fused-ring (bicyclic) bond motifs is 3. The van der Waals surface area contributed by atoms with Crippen molar-refractivity contribution in [3.8, 4) is 17.1 Å². The molecular formula is C22H23N5O2. The molecule has 1 N–H and O–H groups in total. The lowest BCUT2D eigenvalue weighted by Crippen LogP contribution is -2.44. The van der Waals surface area contributed by atoms with E-state index in [-0.39, 0.29) is 0 Å². The van der Waals surface area contributed by atoms with E-state index in [0.29, 0.717) is 29.7 Å². The number of furan rings is 1. The van der Waals surface area contributed by atoms with Crippen LogP contribution in [0.2, 0.25) is 0 Å². The summed E-state index contributed by atoms with van der Waals surface area (Å²) < 4.78 is 11.9. The number of pyridine rings is 1. The normalized spacial score (nSPS) is 14.6. The molecule has 4 heterocycles. The molecular weight excluding hydrogens is 366 g/mol. The molecule has 1 fully saturated rings. The number of anilines is 1. The van der Waals surface area contributed by atoms with E-state index in [0.717, 1.165) is 53.9 Å². The van der Waals surface area contributed by atoms with Crippen molar-refractivity contribution in [3.63, 3.8) is 0 Å². The van der Waals surface area contributed by atoms with E-state index in [1.54, 1.807) is 0 Å². The molecule has 148 valence electrons. The van der Waals surface area contributed by atoms with Gasteiger partial charge in [-0.15, -0.1) is 0 Å². The summed E-state index contributed by atoms with van der Waals surface area (Å²) in [7, 11) is 0. The summed E-state index contributed by atoms with van der Waals surface area (Å²) in [6, 6.07) is 12.2. The molecule has 1 saturated heterocycles. The van der Waals surface area contributed by atoms with Crippen LogP contribution < -0.4 is 15.0 Å². The molecule has 7 heteroatoms. The van der Waals surface area contributed by atoms with Crippen molar-refractivity contribution in [2.45, 2.75) is 13.8 Å². The van der Waals surface area contributed by atoms with Crippen LogP contribution in [0, 0.1) is 6.92 Å². The van der Waals surface area contributed by atoms with Gasteiger partial charge >= 0.3 is 0 Å². The predicted octanol–water partition coefficient (Wildman–Crippen LogP) is 3.55. The van der Waals surface area contributed by atoms with E-state index in [1.165, 1.54) is 0 Å². The summed E-state index contributed by atoms with van der Waals surface area (Å²) >= 11 is 0. The molecule has 5 rings (SSSR count). The summed E-state index contributed by atoms with van der Waals surface area (Å²) in [5.41, 5.74) is 4.88. The van der Waals surface area contributed by atoms with Gasteiger partial charge in [-0.3, -0.25) is 0 Å². The Morgan fingerprint density at radius 1 is 1.10 bits per heavy atom. The summed E-state index contributed by atoms with van der Waals surface area (Å²) in [4.78, 5) is 16.5. The number of hydrogen-bond acceptors (Lipinski definition) is 7. The minimum absolute atomic E-state index is 0.477. The van der Waals surface area contributed by atoms with Crippen molar-refractivity contribution in [3.05, 3.63) is 42.0 Å². The van der Waals surface area contributed by atoms with Gasteiger partial charge in [-0.05, 0) is 25.5 Å². The van der Waals surface area contributed by atoms with E-state index >= 15 is 0 Å². The minimum atomic E-state index is 0.477. The van der Waals surface area contributed by atoms with Gasteiger partial charge in [0.25, 0.3) is 5.88 Å². The molecule has 0 atom stereocenters. The molecule has 1 aliphatic heterocycles. The first-order valence-corrected chi connectivity index (χ1v) is 10.0. The molecule has 0 saturated carbocycles. The molecule has 4 aromatic rings. The van der Waals surface area contributed by atoms with Crippen molar-refractivity contribution in [1.29, 1.82) is 0 Å². The molecule has 1 aromatic carbocycles. The highest BCUT2D eigenvalue weighted by atomic mass is 16.5. The third-order valence-electron chi connectivity index (χ3n) is 5.19. The average Bonchev–Trinajstić information content (AvgIpc) is 3.14. The van der Waals surface area contributed by atoms with Crippen LogP contribution in [0.15, 0.2) is 40.8 Å². The molecule has 29 heavy (non-hydrogen) atoms. The Bertz CT molecular complexity index is 1170. The number of ether oxygens (including phenoxy) is 1. The second-order valence-electron chi connectivity index (χ2n) is 7.15. The third kappa shape index (κ3) is 3.17. The van der Waals surface area contributed by atoms with E-state index in [2.05, 4.69) is 28.2 Å². The fraction of sp³-hybridized carbons (Fsp3) is 0.318. The van der Waals surface area contributed by atoms with E-state index in [1.807, 2.05) is 37.3 Å². The topological polar surface area (TPSA) is 76.3 Å². The zero-order valence-electron chi connectivity index (χ0n) is 16.6. The number of benzene rings is 1. The number of rotatable bonds is 4. The highest BCUT2D eigenvalue weighted by Gasteiger charge is 2.23. The van der Waals surface area contributed by atoms with Crippen LogP contribution in [0.3, 0.4) is 0 Å². The van der Waals surface area contributed by atoms with E-state index in [4.69, 9.17) is 19.1 Å². The first kappa shape index (κ1) is 17.9. The highest BCUT2D eigenvalue weighted by molar-refractivity contribution is 6.05. The zero-order valence-corrected chi connectivity index (χ0v) is 16.6. The quantitative estimate of drug-likeness (QED) is 0.572. The lowest BCUT2D eigenvalue weighted by atomic mass is 10.1. The Morgan fingerprint density at radius 2 is 1.90 bits per heavy atom. The van der Waals surface area contributed by atoms with Gasteiger partial charge in [0.15, 0.2) is 0 Å². The summed E-state index contributed by atoms with van der Waals surface area (Å²) in [5, 5.41) is 4.28. The van der Waals surface area contributed by atoms with Crippen LogP contribution in [-0.4, -0.2) is 47.7 Å². The smallest absolute Gasteiger partial charge is 0.263 e. The van der Waals surface area contributed by atoms with Crippen molar-refractivity contribution in [2.24, 2.45) is 0 Å². The van der Waals surface area contributed by atoms with Gasteiger partial charge in [0.1, 0.15) is 5.52 Å². The van der Waals surface area contributed by atoms with Gasteiger partial charge in [-0.1, -0.05) is 30.3 Å². The van der Waals surface area contributed by atoms with Crippen LogP contribution in [0.25, 0.3) is 33.5 Å². The second kappa shape index (κ2) is 7.33. The Labute approximate surface area is 168 Å². The number of aryl methyl sites for hydroxylation is 1. The number of piperazine rings is 1. The maximum absolute atomic E-state index is 6.13. The molecule has 0 spiro atoms. The van der Waals surface area contributed by atoms with Crippen LogP contribution in [-0.2, 0) is 0 Å². The van der Waals surface area contributed by atoms with Gasteiger partial charge in [-0.25, -0.2) is 9.97 Å². The number of nitrogens with zero attached hydrogens (tertiary/aromatic N) is 4. The number of nitrogens with one attached hydrogen (secondary N) is 1. The fourth-order valence-corrected chi connectivity index (χ4v) is 3.78. The number of aromatic nitrogens is 3. The maximum atomic E-state index is 6.13. The average molecular weight is 389 g/mol. The van der Waals surface area contributed by atoms with Crippen LogP contribution in [0.5, 0.6) is 5.88 Å². The monoisotopic (exact) mass is 389 g/mol. The Hall–Kier alpha value is -3.19. The van der Waals surface area contributed by atoms with Crippen molar-refractivity contribution in [2.75, 3.05) is 37.7 Å². The van der Waals surface area contributed by atoms with Gasteiger partial charge < -0.3 is 19.4 Å². The lowest BCUT2D eigenvalue weighted by molar-refractivity contribution is 0.325.